The number of benzene rings is 4. The summed E-state index contributed by atoms with van der Waals surface area (Å²) in [7, 11) is 0. The van der Waals surface area contributed by atoms with Crippen molar-refractivity contribution in [2.75, 3.05) is 10.2 Å². The highest BCUT2D eigenvalue weighted by molar-refractivity contribution is 9.10. The number of nitro groups is 1. The van der Waals surface area contributed by atoms with Crippen LogP contribution in [0, 0.1) is 30.9 Å². The third-order valence-electron chi connectivity index (χ3n) is 6.74. The average Bonchev–Trinajstić information content (AvgIpc) is 2.86. The van der Waals surface area contributed by atoms with Crippen LogP contribution in [0.3, 0.4) is 0 Å². The van der Waals surface area contributed by atoms with E-state index >= 15 is 0 Å². The summed E-state index contributed by atoms with van der Waals surface area (Å²) in [4.78, 5) is 51.5. The molecule has 0 aliphatic carbocycles. The lowest BCUT2D eigenvalue weighted by atomic mass is 9.91. The molecule has 4 aromatic rings. The zero-order valence-corrected chi connectivity index (χ0v) is 22.0. The molecule has 2 N–H and O–H groups in total. The second-order valence-electron chi connectivity index (χ2n) is 9.10. The minimum absolute atomic E-state index is 0.0215. The van der Waals surface area contributed by atoms with Gasteiger partial charge >= 0.3 is 5.97 Å². The van der Waals surface area contributed by atoms with Crippen LogP contribution >= 0.6 is 15.9 Å². The van der Waals surface area contributed by atoms with E-state index in [1.807, 2.05) is 26.0 Å². The number of hydrogen-bond donors (Lipinski definition) is 2. The van der Waals surface area contributed by atoms with Gasteiger partial charge in [-0.3, -0.25) is 19.7 Å². The van der Waals surface area contributed by atoms with Crippen molar-refractivity contribution in [2.24, 2.45) is 0 Å². The van der Waals surface area contributed by atoms with Crippen LogP contribution in [0.25, 0.3) is 10.8 Å². The number of carboxylic acid groups (broad SMARTS) is 1. The van der Waals surface area contributed by atoms with Gasteiger partial charge in [0, 0.05) is 26.9 Å². The van der Waals surface area contributed by atoms with E-state index in [0.29, 0.717) is 26.5 Å². The fourth-order valence-corrected chi connectivity index (χ4v) is 5.20. The lowest BCUT2D eigenvalue weighted by molar-refractivity contribution is -0.383. The first-order valence-electron chi connectivity index (χ1n) is 11.5. The number of carbonyl (C=O) groups excluding carboxylic acids is 2. The van der Waals surface area contributed by atoms with Crippen molar-refractivity contribution in [3.8, 4) is 0 Å². The summed E-state index contributed by atoms with van der Waals surface area (Å²) in [5.41, 5.74) is 3.07. The Bertz CT molecular complexity index is 1750. The number of imide groups is 1. The second kappa shape index (κ2) is 9.07. The molecule has 0 spiro atoms. The second-order valence-corrected chi connectivity index (χ2v) is 9.95. The number of halogens is 1. The maximum Gasteiger partial charge on any atom is 0.335 e. The van der Waals surface area contributed by atoms with Crippen LogP contribution in [0.1, 0.15) is 47.8 Å². The summed E-state index contributed by atoms with van der Waals surface area (Å²) < 4.78 is 0.697. The van der Waals surface area contributed by atoms with Gasteiger partial charge in [-0.25, -0.2) is 9.69 Å². The summed E-state index contributed by atoms with van der Waals surface area (Å²) in [5, 5.41) is 25.4. The van der Waals surface area contributed by atoms with E-state index in [0.717, 1.165) is 16.0 Å². The number of aromatic carboxylic acids is 1. The van der Waals surface area contributed by atoms with E-state index < -0.39 is 22.7 Å². The number of anilines is 3. The molecule has 2 amide bonds. The van der Waals surface area contributed by atoms with Gasteiger partial charge in [0.25, 0.3) is 17.5 Å². The number of nitro benzene ring substituents is 1. The van der Waals surface area contributed by atoms with Crippen LogP contribution in [0.2, 0.25) is 0 Å². The average molecular weight is 574 g/mol. The standard InChI is InChI=1S/C28H20BrN3O6/c1-13-7-8-16(28(35)36)11-22(13)31-26(33)18-6-4-5-17-24(18)19(27(31)34)12-23(32(37)38)25(17)30-21-10-15(3)14(2)9-20(21)29/h4-12,30H,1-3H3,(H,35,36). The van der Waals surface area contributed by atoms with Crippen LogP contribution in [0.5, 0.6) is 0 Å². The Morgan fingerprint density at radius 2 is 1.63 bits per heavy atom. The highest BCUT2D eigenvalue weighted by Gasteiger charge is 2.38. The van der Waals surface area contributed by atoms with Gasteiger partial charge in [0.05, 0.1) is 27.4 Å². The van der Waals surface area contributed by atoms with Gasteiger partial charge in [-0.1, -0.05) is 18.2 Å². The monoisotopic (exact) mass is 573 g/mol. The van der Waals surface area contributed by atoms with Crippen molar-refractivity contribution in [3.63, 3.8) is 0 Å². The van der Waals surface area contributed by atoms with Gasteiger partial charge in [0.15, 0.2) is 0 Å². The van der Waals surface area contributed by atoms with Gasteiger partial charge in [-0.15, -0.1) is 0 Å². The van der Waals surface area contributed by atoms with Crippen LogP contribution in [0.4, 0.5) is 22.7 Å². The largest absolute Gasteiger partial charge is 0.478 e. The lowest BCUT2D eigenvalue weighted by Crippen LogP contribution is -2.41. The smallest absolute Gasteiger partial charge is 0.335 e. The van der Waals surface area contributed by atoms with Gasteiger partial charge in [-0.05, 0) is 83.7 Å². The molecule has 0 unspecified atom stereocenters. The van der Waals surface area contributed by atoms with Crippen molar-refractivity contribution in [1.29, 1.82) is 0 Å². The summed E-state index contributed by atoms with van der Waals surface area (Å²) >= 11 is 3.50. The van der Waals surface area contributed by atoms with Gasteiger partial charge in [0.2, 0.25) is 0 Å². The van der Waals surface area contributed by atoms with Crippen LogP contribution in [0.15, 0.2) is 59.1 Å². The number of hydrogen-bond acceptors (Lipinski definition) is 6. The molecule has 0 atom stereocenters. The molecule has 190 valence electrons. The maximum atomic E-state index is 13.7. The third kappa shape index (κ3) is 3.90. The molecular weight excluding hydrogens is 554 g/mol. The Kier molecular flexibility index (Phi) is 5.99. The molecule has 5 rings (SSSR count). The number of rotatable bonds is 5. The van der Waals surface area contributed by atoms with E-state index in [4.69, 9.17) is 0 Å². The van der Waals surface area contributed by atoms with Crippen molar-refractivity contribution >= 4 is 67.2 Å². The van der Waals surface area contributed by atoms with E-state index in [2.05, 4.69) is 21.2 Å². The first-order chi connectivity index (χ1) is 18.0. The Hall–Kier alpha value is -4.57. The molecule has 0 aromatic heterocycles. The van der Waals surface area contributed by atoms with Crippen LogP contribution in [-0.2, 0) is 0 Å². The third-order valence-corrected chi connectivity index (χ3v) is 7.40. The normalized spacial score (nSPS) is 12.7. The first kappa shape index (κ1) is 25.1. The molecule has 0 bridgehead atoms. The Morgan fingerprint density at radius 1 is 0.947 bits per heavy atom. The number of amides is 2. The van der Waals surface area contributed by atoms with Gasteiger partial charge < -0.3 is 10.4 Å². The number of nitrogens with zero attached hydrogens (tertiary/aromatic N) is 2. The highest BCUT2D eigenvalue weighted by Crippen LogP contribution is 2.43. The van der Waals surface area contributed by atoms with Gasteiger partial charge in [-0.2, -0.15) is 0 Å². The molecular formula is C28H20BrN3O6. The van der Waals surface area contributed by atoms with Crippen molar-refractivity contribution in [1.82, 2.24) is 0 Å². The predicted octanol–water partition coefficient (Wildman–Crippen LogP) is 6.68. The molecule has 38 heavy (non-hydrogen) atoms. The van der Waals surface area contributed by atoms with E-state index in [-0.39, 0.29) is 33.8 Å². The van der Waals surface area contributed by atoms with Crippen LogP contribution < -0.4 is 10.2 Å². The molecule has 10 heteroatoms. The maximum absolute atomic E-state index is 13.7. The molecule has 0 saturated carbocycles. The zero-order chi connectivity index (χ0) is 27.5. The topological polar surface area (TPSA) is 130 Å². The fourth-order valence-electron chi connectivity index (χ4n) is 4.64. The van der Waals surface area contributed by atoms with Crippen molar-refractivity contribution in [3.05, 3.63) is 103 Å². The number of aryl methyl sites for hydroxylation is 3. The number of nitrogens with one attached hydrogen (secondary N) is 1. The molecule has 0 fully saturated rings. The van der Waals surface area contributed by atoms with E-state index in [1.54, 1.807) is 25.1 Å². The summed E-state index contributed by atoms with van der Waals surface area (Å²) in [5.74, 6) is -2.63. The fraction of sp³-hybridized carbons (Fsp3) is 0.107. The minimum Gasteiger partial charge on any atom is -0.478 e. The van der Waals surface area contributed by atoms with Crippen molar-refractivity contribution in [2.45, 2.75) is 20.8 Å². The SMILES string of the molecule is Cc1cc(Br)c(Nc2c([N+](=O)[O-])cc3c4c(cccc24)C(=O)N(c2cc(C(=O)O)ccc2C)C3=O)cc1C. The quantitative estimate of drug-likeness (QED) is 0.155. The summed E-state index contributed by atoms with van der Waals surface area (Å²) in [6.45, 7) is 5.52. The first-order valence-corrected chi connectivity index (χ1v) is 12.3. The highest BCUT2D eigenvalue weighted by atomic mass is 79.9. The zero-order valence-electron chi connectivity index (χ0n) is 20.5. The Labute approximate surface area is 225 Å². The Morgan fingerprint density at radius 3 is 2.32 bits per heavy atom. The van der Waals surface area contributed by atoms with Crippen molar-refractivity contribution < 1.29 is 24.4 Å². The lowest BCUT2D eigenvalue weighted by Gasteiger charge is -2.29. The number of carboxylic acids is 1. The predicted molar refractivity (Wildman–Crippen MR) is 147 cm³/mol. The summed E-state index contributed by atoms with van der Waals surface area (Å²) in [6, 6.07) is 13.8. The van der Waals surface area contributed by atoms with Crippen LogP contribution in [-0.4, -0.2) is 27.8 Å². The molecule has 1 aliphatic heterocycles. The molecule has 1 heterocycles. The Balaban J connectivity index is 1.75. The molecule has 0 saturated heterocycles. The molecule has 0 radical (unpaired) electrons. The summed E-state index contributed by atoms with van der Waals surface area (Å²) in [6.07, 6.45) is 0. The molecule has 1 aliphatic rings. The molecule has 4 aromatic carbocycles. The van der Waals surface area contributed by atoms with E-state index in [9.17, 15) is 29.6 Å². The van der Waals surface area contributed by atoms with Gasteiger partial charge in [0.1, 0.15) is 5.69 Å². The minimum atomic E-state index is -1.21. The van der Waals surface area contributed by atoms with E-state index in [1.165, 1.54) is 24.3 Å². The number of carbonyl (C=O) groups is 3. The molecule has 9 nitrogen and oxygen atoms in total.